The summed E-state index contributed by atoms with van der Waals surface area (Å²) in [5.41, 5.74) is 0.661. The predicted octanol–water partition coefficient (Wildman–Crippen LogP) is 10.3. The number of fused-ring (bicyclic) bond motifs is 2. The lowest BCUT2D eigenvalue weighted by Crippen LogP contribution is -2.15. The standard InChI is InChI=1S/C19H12BrF3N4OS.C18H11BrF3N5OS/c20-14-8-29-16(17(14)18-25-9-26-27-18)7-11(28)4-10-5-13(19(21,22)23)12-2-1-3-24-15(12)6-10;19-12-7-29-17(15(12)16-24-8-25-27-16)26-14(28)5-9-4-10(18(20,21)22)6-13-11(9)2-1-3-23-13/h1-3,5-6,8-9H,4,7H2,(H,25,26,27);1-4,6-8H,5H2,(H,26,28)(H,24,25,27). The summed E-state index contributed by atoms with van der Waals surface area (Å²) < 4.78 is 81.6. The van der Waals surface area contributed by atoms with Crippen LogP contribution in [0.15, 0.2) is 93.3 Å². The van der Waals surface area contributed by atoms with Crippen LogP contribution < -0.4 is 5.32 Å². The predicted molar refractivity (Wildman–Crippen MR) is 213 cm³/mol. The van der Waals surface area contributed by atoms with Crippen LogP contribution in [0.3, 0.4) is 0 Å². The van der Waals surface area contributed by atoms with Crippen molar-refractivity contribution in [1.29, 1.82) is 0 Å². The highest BCUT2D eigenvalue weighted by molar-refractivity contribution is 9.11. The SMILES string of the molecule is O=C(Cc1cc(C(F)(F)F)c2cccnc2c1)Cc1scc(Br)c1-c1ncn[nH]1.O=C(Cc1cc(C(F)(F)F)cc2ncccc12)Nc1scc(Br)c1-c1ncn[nH]1. The zero-order valence-corrected chi connectivity index (χ0v) is 33.8. The highest BCUT2D eigenvalue weighted by Crippen LogP contribution is 2.40. The van der Waals surface area contributed by atoms with Gasteiger partial charge in [-0.2, -0.15) is 36.5 Å². The van der Waals surface area contributed by atoms with Gasteiger partial charge >= 0.3 is 12.4 Å². The number of amides is 1. The van der Waals surface area contributed by atoms with Crippen LogP contribution in [0.5, 0.6) is 0 Å². The fourth-order valence-electron chi connectivity index (χ4n) is 6.01. The molecule has 2 aromatic carbocycles. The Morgan fingerprint density at radius 2 is 1.33 bits per heavy atom. The van der Waals surface area contributed by atoms with Gasteiger partial charge in [0, 0.05) is 66.2 Å². The number of nitrogens with one attached hydrogen (secondary N) is 3. The molecular weight excluding hydrogens is 940 g/mol. The maximum atomic E-state index is 13.5. The molecule has 0 saturated carbocycles. The van der Waals surface area contributed by atoms with Crippen molar-refractivity contribution >= 4 is 93.0 Å². The molecule has 0 aliphatic carbocycles. The second-order valence-corrected chi connectivity index (χ2v) is 15.9. The molecule has 11 nitrogen and oxygen atoms in total. The van der Waals surface area contributed by atoms with Crippen LogP contribution in [0, 0.1) is 0 Å². The highest BCUT2D eigenvalue weighted by Gasteiger charge is 2.34. The van der Waals surface area contributed by atoms with Gasteiger partial charge in [-0.3, -0.25) is 29.8 Å². The van der Waals surface area contributed by atoms with E-state index in [1.165, 1.54) is 65.9 Å². The fourth-order valence-corrected chi connectivity index (χ4v) is 9.41. The van der Waals surface area contributed by atoms with Crippen molar-refractivity contribution in [1.82, 2.24) is 40.3 Å². The number of aromatic nitrogens is 8. The molecule has 6 aromatic heterocycles. The number of pyridine rings is 2. The Morgan fingerprint density at radius 3 is 1.97 bits per heavy atom. The normalized spacial score (nSPS) is 11.8. The Kier molecular flexibility index (Phi) is 11.8. The van der Waals surface area contributed by atoms with E-state index in [-0.39, 0.29) is 52.6 Å². The lowest BCUT2D eigenvalue weighted by atomic mass is 9.99. The molecule has 8 aromatic rings. The molecule has 21 heteroatoms. The monoisotopic (exact) mass is 961 g/mol. The number of carbonyl (C=O) groups excluding carboxylic acids is 2. The molecule has 0 bridgehead atoms. The molecule has 8 rings (SSSR count). The third-order valence-electron chi connectivity index (χ3n) is 8.45. The van der Waals surface area contributed by atoms with E-state index >= 15 is 0 Å². The number of carbonyl (C=O) groups is 2. The smallest absolute Gasteiger partial charge is 0.317 e. The van der Waals surface area contributed by atoms with Crippen molar-refractivity contribution in [3.05, 3.63) is 120 Å². The van der Waals surface area contributed by atoms with Gasteiger partial charge in [0.05, 0.1) is 34.1 Å². The van der Waals surface area contributed by atoms with E-state index in [1.54, 1.807) is 17.5 Å². The fraction of sp³-hybridized carbons (Fsp3) is 0.135. The van der Waals surface area contributed by atoms with Gasteiger partial charge in [0.2, 0.25) is 5.91 Å². The van der Waals surface area contributed by atoms with Crippen LogP contribution in [0.4, 0.5) is 31.3 Å². The van der Waals surface area contributed by atoms with Crippen molar-refractivity contribution in [3.8, 4) is 22.8 Å². The second-order valence-electron chi connectivity index (χ2n) is 12.4. The van der Waals surface area contributed by atoms with Gasteiger partial charge in [-0.15, -0.1) is 22.7 Å². The van der Waals surface area contributed by atoms with Crippen LogP contribution in [0.25, 0.3) is 44.6 Å². The van der Waals surface area contributed by atoms with E-state index in [0.717, 1.165) is 33.1 Å². The first-order valence-corrected chi connectivity index (χ1v) is 20.0. The molecule has 0 fully saturated rings. The van der Waals surface area contributed by atoms with Crippen molar-refractivity contribution in [2.45, 2.75) is 31.6 Å². The number of benzene rings is 2. The number of H-pyrrole nitrogens is 2. The van der Waals surface area contributed by atoms with Gasteiger partial charge in [0.25, 0.3) is 0 Å². The zero-order valence-electron chi connectivity index (χ0n) is 29.0. The lowest BCUT2D eigenvalue weighted by Gasteiger charge is -2.12. The lowest BCUT2D eigenvalue weighted by molar-refractivity contribution is -0.138. The van der Waals surface area contributed by atoms with Gasteiger partial charge < -0.3 is 5.32 Å². The third-order valence-corrected chi connectivity index (χ3v) is 12.2. The average Bonchev–Trinajstić information content (AvgIpc) is 4.01. The molecule has 0 unspecified atom stereocenters. The highest BCUT2D eigenvalue weighted by atomic mass is 79.9. The molecule has 1 amide bonds. The summed E-state index contributed by atoms with van der Waals surface area (Å²) in [6.07, 6.45) is -3.79. The largest absolute Gasteiger partial charge is 0.417 e. The summed E-state index contributed by atoms with van der Waals surface area (Å²) in [5, 5.41) is 20.5. The first kappa shape index (κ1) is 40.8. The van der Waals surface area contributed by atoms with Crippen LogP contribution in [-0.4, -0.2) is 52.0 Å². The number of thiophene rings is 2. The summed E-state index contributed by atoms with van der Waals surface area (Å²) in [6, 6.07) is 10.6. The first-order chi connectivity index (χ1) is 27.7. The van der Waals surface area contributed by atoms with Crippen molar-refractivity contribution in [2.75, 3.05) is 5.32 Å². The van der Waals surface area contributed by atoms with Crippen LogP contribution in [0.2, 0.25) is 0 Å². The van der Waals surface area contributed by atoms with Gasteiger partial charge in [-0.05, 0) is 79.4 Å². The first-order valence-electron chi connectivity index (χ1n) is 16.6. The number of halogens is 8. The summed E-state index contributed by atoms with van der Waals surface area (Å²) in [4.78, 5) is 42.3. The molecule has 3 N–H and O–H groups in total. The van der Waals surface area contributed by atoms with Gasteiger partial charge in [-0.25, -0.2) is 9.97 Å². The Balaban J connectivity index is 0.000000177. The van der Waals surface area contributed by atoms with E-state index in [2.05, 4.69) is 77.5 Å². The maximum absolute atomic E-state index is 13.5. The molecule has 58 heavy (non-hydrogen) atoms. The average molecular weight is 964 g/mol. The maximum Gasteiger partial charge on any atom is 0.417 e. The molecule has 0 spiro atoms. The van der Waals surface area contributed by atoms with Crippen LogP contribution in [0.1, 0.15) is 27.1 Å². The minimum Gasteiger partial charge on any atom is -0.317 e. The molecule has 0 aliphatic rings. The van der Waals surface area contributed by atoms with Gasteiger partial charge in [-0.1, -0.05) is 12.1 Å². The minimum atomic E-state index is -4.53. The van der Waals surface area contributed by atoms with Crippen LogP contribution >= 0.6 is 54.5 Å². The van der Waals surface area contributed by atoms with Crippen LogP contribution in [-0.2, 0) is 41.2 Å². The molecular formula is C37H23Br2F6N9O2S2. The van der Waals surface area contributed by atoms with Crippen molar-refractivity contribution in [3.63, 3.8) is 0 Å². The summed E-state index contributed by atoms with van der Waals surface area (Å²) in [5.74, 6) is 0.324. The molecule has 0 atom stereocenters. The van der Waals surface area contributed by atoms with Gasteiger partial charge in [0.15, 0.2) is 11.6 Å². The number of ketones is 1. The summed E-state index contributed by atoms with van der Waals surface area (Å²) in [6.45, 7) is 0. The van der Waals surface area contributed by atoms with Crippen molar-refractivity contribution in [2.24, 2.45) is 0 Å². The number of hydrogen-bond acceptors (Lipinski definition) is 10. The number of anilines is 1. The Morgan fingerprint density at radius 1 is 0.707 bits per heavy atom. The van der Waals surface area contributed by atoms with E-state index in [0.29, 0.717) is 32.1 Å². The number of nitrogens with zero attached hydrogens (tertiary/aromatic N) is 6. The molecule has 0 saturated heterocycles. The van der Waals surface area contributed by atoms with E-state index in [9.17, 15) is 35.9 Å². The Bertz CT molecular complexity index is 2750. The Labute approximate surface area is 347 Å². The number of rotatable bonds is 9. The zero-order chi connectivity index (χ0) is 41.2. The summed E-state index contributed by atoms with van der Waals surface area (Å²) in [7, 11) is 0. The van der Waals surface area contributed by atoms with Crippen molar-refractivity contribution < 1.29 is 35.9 Å². The third kappa shape index (κ3) is 9.16. The van der Waals surface area contributed by atoms with E-state index < -0.39 is 29.4 Å². The van der Waals surface area contributed by atoms with E-state index in [1.807, 2.05) is 5.38 Å². The molecule has 0 radical (unpaired) electrons. The Hall–Kier alpha value is -5.38. The number of Topliss-reactive ketones (excluding diaryl/α,β-unsaturated/α-hetero) is 1. The van der Waals surface area contributed by atoms with Gasteiger partial charge in [0.1, 0.15) is 23.4 Å². The topological polar surface area (TPSA) is 155 Å². The number of alkyl halides is 6. The second kappa shape index (κ2) is 16.8. The summed E-state index contributed by atoms with van der Waals surface area (Å²) >= 11 is 9.47. The number of hydrogen-bond donors (Lipinski definition) is 3. The molecule has 296 valence electrons. The molecule has 6 heterocycles. The number of aromatic amines is 2. The minimum absolute atomic E-state index is 0.0194. The van der Waals surface area contributed by atoms with E-state index in [4.69, 9.17) is 0 Å². The molecule has 0 aliphatic heterocycles. The quantitative estimate of drug-likeness (QED) is 0.121.